The number of pyridine rings is 1. The molecule has 4 heteroatoms. The van der Waals surface area contributed by atoms with E-state index in [0.717, 1.165) is 66.8 Å². The number of phenols is 1. The van der Waals surface area contributed by atoms with E-state index in [0.29, 0.717) is 28.2 Å². The van der Waals surface area contributed by atoms with E-state index in [4.69, 9.17) is 15.5 Å². The van der Waals surface area contributed by atoms with E-state index in [1.54, 1.807) is 12.3 Å². The topological polar surface area (TPSA) is 50.9 Å². The third-order valence-corrected chi connectivity index (χ3v) is 11.4. The smallest absolute Gasteiger partial charge is 0.149 e. The Balaban J connectivity index is 1.40. The molecule has 0 radical (unpaired) electrons. The third kappa shape index (κ3) is 7.79. The molecule has 0 fully saturated rings. The molecule has 0 bridgehead atoms. The van der Waals surface area contributed by atoms with Crippen molar-refractivity contribution in [2.24, 2.45) is 0 Å². The van der Waals surface area contributed by atoms with Gasteiger partial charge in [-0.2, -0.15) is 0 Å². The van der Waals surface area contributed by atoms with Gasteiger partial charge in [0.25, 0.3) is 0 Å². The number of phenolic OH excluding ortho intramolecular Hbond substituents is 1. The number of imidazole rings is 1. The van der Waals surface area contributed by atoms with Crippen molar-refractivity contribution in [2.75, 3.05) is 0 Å². The first-order valence-corrected chi connectivity index (χ1v) is 20.8. The van der Waals surface area contributed by atoms with Gasteiger partial charge in [-0.25, -0.2) is 4.98 Å². The van der Waals surface area contributed by atoms with Gasteiger partial charge in [0, 0.05) is 22.9 Å². The van der Waals surface area contributed by atoms with Gasteiger partial charge in [0.2, 0.25) is 0 Å². The highest BCUT2D eigenvalue weighted by Crippen LogP contribution is 2.44. The van der Waals surface area contributed by atoms with Gasteiger partial charge < -0.3 is 5.11 Å². The monoisotopic (exact) mass is 791 g/mol. The molecule has 302 valence electrons. The van der Waals surface area contributed by atoms with E-state index in [1.165, 1.54) is 0 Å². The zero-order chi connectivity index (χ0) is 46.2. The summed E-state index contributed by atoms with van der Waals surface area (Å²) in [4.78, 5) is 10.4. The Morgan fingerprint density at radius 1 is 0.533 bits per heavy atom. The van der Waals surface area contributed by atoms with Crippen LogP contribution in [0, 0.1) is 13.8 Å². The number of rotatable bonds is 6. The molecule has 0 atom stereocenters. The van der Waals surface area contributed by atoms with Crippen LogP contribution in [0.2, 0.25) is 0 Å². The number of aromatic hydroxyl groups is 1. The van der Waals surface area contributed by atoms with E-state index in [9.17, 15) is 5.11 Å². The normalized spacial score (nSPS) is 13.2. The van der Waals surface area contributed by atoms with E-state index in [-0.39, 0.29) is 46.3 Å². The largest absolute Gasteiger partial charge is 0.507 e. The Kier molecular flexibility index (Phi) is 8.97. The molecule has 60 heavy (non-hydrogen) atoms. The van der Waals surface area contributed by atoms with Crippen LogP contribution in [0.3, 0.4) is 0 Å². The first-order chi connectivity index (χ1) is 30.0. The van der Waals surface area contributed by atoms with Crippen LogP contribution in [-0.4, -0.2) is 19.6 Å². The second-order valence-electron chi connectivity index (χ2n) is 19.2. The number of aryl methyl sites for hydroxylation is 2. The lowest BCUT2D eigenvalue weighted by Gasteiger charge is -2.22. The maximum Gasteiger partial charge on any atom is 0.149 e. The summed E-state index contributed by atoms with van der Waals surface area (Å²) in [5.41, 5.74) is 13.0. The van der Waals surface area contributed by atoms with Crippen molar-refractivity contribution in [2.45, 2.75) is 92.4 Å². The summed E-state index contributed by atoms with van der Waals surface area (Å²) in [5.74, 6) is 0.825. The van der Waals surface area contributed by atoms with Crippen molar-refractivity contribution in [3.8, 4) is 67.5 Å². The highest BCUT2D eigenvalue weighted by Gasteiger charge is 2.26. The predicted molar refractivity (Wildman–Crippen MR) is 253 cm³/mol. The fourth-order valence-corrected chi connectivity index (χ4v) is 7.77. The first-order valence-electron chi connectivity index (χ1n) is 22.8. The minimum Gasteiger partial charge on any atom is -0.507 e. The number of aromatic nitrogens is 3. The van der Waals surface area contributed by atoms with Crippen LogP contribution in [-0.2, 0) is 16.2 Å². The number of hydrogen-bond donors (Lipinski definition) is 1. The average Bonchev–Trinajstić information content (AvgIpc) is 3.62. The van der Waals surface area contributed by atoms with Crippen molar-refractivity contribution in [3.05, 3.63) is 167 Å². The Morgan fingerprint density at radius 3 is 1.88 bits per heavy atom. The number of para-hydroxylation sites is 1. The molecule has 0 unspecified atom stereocenters. The van der Waals surface area contributed by atoms with Gasteiger partial charge in [-0.1, -0.05) is 153 Å². The molecule has 0 saturated heterocycles. The molecule has 6 aromatic carbocycles. The van der Waals surface area contributed by atoms with Crippen molar-refractivity contribution < 1.29 is 10.6 Å². The Labute approximate surface area is 362 Å². The Hall–Kier alpha value is -6.26. The number of nitrogens with zero attached hydrogens (tertiary/aromatic N) is 3. The molecule has 2 aromatic heterocycles. The molecule has 0 spiro atoms. The second-order valence-corrected chi connectivity index (χ2v) is 19.2. The number of hydrogen-bond acceptors (Lipinski definition) is 3. The standard InChI is InChI=1S/C56H57N3O/c1-35-20-25-49(46(28-35)38-16-13-12-14-17-38)59-50-19-15-18-45(51(50)58-53(59)47-34-43(55(6,7)8)29-36(2)52(47)60)40-30-41(32-44(31-40)56(9,10)11)48-33-39(26-27-57-48)37-21-23-42(24-22-37)54(3,4)5/h12-34,60H,1-11H3/i21D,22D,23D,24D. The van der Waals surface area contributed by atoms with Crippen LogP contribution >= 0.6 is 0 Å². The first kappa shape index (κ1) is 35.7. The van der Waals surface area contributed by atoms with Crippen LogP contribution in [0.1, 0.15) is 95.6 Å². The minimum absolute atomic E-state index is 0.0269. The van der Waals surface area contributed by atoms with Crippen molar-refractivity contribution in [3.63, 3.8) is 0 Å². The lowest BCUT2D eigenvalue weighted by Crippen LogP contribution is -2.12. The summed E-state index contributed by atoms with van der Waals surface area (Å²) in [5, 5.41) is 12.0. The van der Waals surface area contributed by atoms with Crippen molar-refractivity contribution in [1.29, 1.82) is 0 Å². The van der Waals surface area contributed by atoms with Gasteiger partial charge in [0.15, 0.2) is 0 Å². The summed E-state index contributed by atoms with van der Waals surface area (Å²) in [6.45, 7) is 22.9. The Bertz CT molecular complexity index is 3100. The van der Waals surface area contributed by atoms with Crippen molar-refractivity contribution >= 4 is 11.0 Å². The van der Waals surface area contributed by atoms with Crippen LogP contribution in [0.25, 0.3) is 72.7 Å². The maximum absolute atomic E-state index is 12.0. The molecule has 8 rings (SSSR count). The van der Waals surface area contributed by atoms with Crippen LogP contribution < -0.4 is 0 Å². The van der Waals surface area contributed by atoms with Crippen molar-refractivity contribution in [1.82, 2.24) is 14.5 Å². The molecular weight excluding hydrogens is 731 g/mol. The molecule has 1 N–H and O–H groups in total. The molecule has 0 aliphatic carbocycles. The van der Waals surface area contributed by atoms with Gasteiger partial charge >= 0.3 is 0 Å². The highest BCUT2D eigenvalue weighted by atomic mass is 16.3. The lowest BCUT2D eigenvalue weighted by atomic mass is 9.83. The molecule has 0 aliphatic rings. The SMILES string of the molecule is [2H]c1c([2H])c(C(C)(C)C)c([2H])c([2H])c1-c1ccnc(-c2cc(-c3cccc4c3nc(-c3cc(C(C)(C)C)cc(C)c3O)n4-c3ccc(C)cc3-c3ccccc3)cc(C(C)(C)C)c2)c1. The van der Waals surface area contributed by atoms with Crippen LogP contribution in [0.15, 0.2) is 140 Å². The van der Waals surface area contributed by atoms with E-state index in [1.807, 2.05) is 39.8 Å². The summed E-state index contributed by atoms with van der Waals surface area (Å²) in [6.07, 6.45) is 1.68. The number of benzene rings is 6. The molecular formula is C56H57N3O. The summed E-state index contributed by atoms with van der Waals surface area (Å²) < 4.78 is 38.1. The quantitative estimate of drug-likeness (QED) is 0.182. The van der Waals surface area contributed by atoms with Crippen LogP contribution in [0.5, 0.6) is 5.75 Å². The number of fused-ring (bicyclic) bond motifs is 1. The lowest BCUT2D eigenvalue weighted by molar-refractivity contribution is 0.471. The molecule has 0 aliphatic heterocycles. The molecule has 8 aromatic rings. The van der Waals surface area contributed by atoms with Gasteiger partial charge in [-0.05, 0) is 123 Å². The Morgan fingerprint density at radius 2 is 1.20 bits per heavy atom. The summed E-state index contributed by atoms with van der Waals surface area (Å²) >= 11 is 0. The maximum atomic E-state index is 12.0. The van der Waals surface area contributed by atoms with Crippen LogP contribution in [0.4, 0.5) is 0 Å². The van der Waals surface area contributed by atoms with E-state index < -0.39 is 5.41 Å². The highest BCUT2D eigenvalue weighted by molar-refractivity contribution is 5.98. The second kappa shape index (κ2) is 15.1. The van der Waals surface area contributed by atoms with Gasteiger partial charge in [-0.15, -0.1) is 0 Å². The molecule has 2 heterocycles. The van der Waals surface area contributed by atoms with Gasteiger partial charge in [-0.3, -0.25) is 9.55 Å². The van der Waals surface area contributed by atoms with Gasteiger partial charge in [0.1, 0.15) is 11.6 Å². The van der Waals surface area contributed by atoms with E-state index in [2.05, 4.69) is 144 Å². The predicted octanol–water partition coefficient (Wildman–Crippen LogP) is 15.0. The zero-order valence-electron chi connectivity index (χ0n) is 40.8. The zero-order valence-corrected chi connectivity index (χ0v) is 36.8. The molecule has 0 saturated carbocycles. The fourth-order valence-electron chi connectivity index (χ4n) is 7.77. The average molecular weight is 792 g/mol. The molecule has 0 amide bonds. The fraction of sp³-hybridized carbons (Fsp3) is 0.250. The summed E-state index contributed by atoms with van der Waals surface area (Å²) in [7, 11) is 0. The molecule has 4 nitrogen and oxygen atoms in total. The third-order valence-electron chi connectivity index (χ3n) is 11.4. The van der Waals surface area contributed by atoms with E-state index >= 15 is 0 Å². The minimum atomic E-state index is -0.564. The summed E-state index contributed by atoms with van der Waals surface area (Å²) in [6, 6.07) is 37.2. The van der Waals surface area contributed by atoms with Gasteiger partial charge in [0.05, 0.1) is 33.5 Å².